The standard InChI is InChI=1S/C12H9NO5/c14-8-5-10(16)9(15)4-7(8)11(17)6-2-1-3-13-12(6)18/h1-5,14-16H,(H,13,18). The Hall–Kier alpha value is -2.76. The van der Waals surface area contributed by atoms with E-state index < -0.39 is 28.9 Å². The van der Waals surface area contributed by atoms with Crippen molar-refractivity contribution in [3.8, 4) is 23.1 Å². The topological polar surface area (TPSA) is 111 Å². The van der Waals surface area contributed by atoms with Crippen LogP contribution in [0.2, 0.25) is 0 Å². The van der Waals surface area contributed by atoms with Gasteiger partial charge in [0.2, 0.25) is 11.7 Å². The van der Waals surface area contributed by atoms with Gasteiger partial charge in [0.25, 0.3) is 0 Å². The van der Waals surface area contributed by atoms with Gasteiger partial charge in [0.05, 0.1) is 11.1 Å². The lowest BCUT2D eigenvalue weighted by Gasteiger charge is -2.06. The minimum absolute atomic E-state index is 0.113. The molecule has 0 fully saturated rings. The second-order valence-electron chi connectivity index (χ2n) is 3.56. The minimum atomic E-state index is -0.714. The van der Waals surface area contributed by atoms with Crippen LogP contribution in [0.25, 0.3) is 0 Å². The van der Waals surface area contributed by atoms with Crippen molar-refractivity contribution in [2.75, 3.05) is 0 Å². The van der Waals surface area contributed by atoms with E-state index in [-0.39, 0.29) is 11.1 Å². The molecular formula is C12H9NO5. The van der Waals surface area contributed by atoms with Crippen molar-refractivity contribution < 1.29 is 25.2 Å². The van der Waals surface area contributed by atoms with Crippen molar-refractivity contribution in [2.45, 2.75) is 0 Å². The molecule has 0 saturated carbocycles. The fourth-order valence-corrected chi connectivity index (χ4v) is 1.47. The fraction of sp³-hybridized carbons (Fsp3) is 0. The maximum atomic E-state index is 12.0. The third kappa shape index (κ3) is 1.91. The minimum Gasteiger partial charge on any atom is -0.507 e. The van der Waals surface area contributed by atoms with Crippen LogP contribution in [0.5, 0.6) is 23.1 Å². The summed E-state index contributed by atoms with van der Waals surface area (Å²) in [6.45, 7) is 0. The molecule has 4 N–H and O–H groups in total. The second kappa shape index (κ2) is 4.25. The molecule has 0 aliphatic heterocycles. The summed E-state index contributed by atoms with van der Waals surface area (Å²) in [5.74, 6) is -2.78. The van der Waals surface area contributed by atoms with Gasteiger partial charge in [-0.2, -0.15) is 0 Å². The zero-order valence-electron chi connectivity index (χ0n) is 9.03. The predicted molar refractivity (Wildman–Crippen MR) is 60.8 cm³/mol. The lowest BCUT2D eigenvalue weighted by atomic mass is 10.0. The SMILES string of the molecule is O=C(c1cc(O)c(O)cc1O)c1cccnc1O. The number of phenolic OH excluding ortho intramolecular Hbond substituents is 3. The summed E-state index contributed by atoms with van der Waals surface area (Å²) in [5.41, 5.74) is -0.355. The number of ketones is 1. The molecule has 0 aliphatic carbocycles. The van der Waals surface area contributed by atoms with E-state index in [0.717, 1.165) is 12.1 Å². The summed E-state index contributed by atoms with van der Waals surface area (Å²) < 4.78 is 0. The molecule has 0 saturated heterocycles. The van der Waals surface area contributed by atoms with Crippen molar-refractivity contribution in [1.82, 2.24) is 4.98 Å². The highest BCUT2D eigenvalue weighted by Gasteiger charge is 2.19. The maximum absolute atomic E-state index is 12.0. The summed E-state index contributed by atoms with van der Waals surface area (Å²) in [7, 11) is 0. The lowest BCUT2D eigenvalue weighted by molar-refractivity contribution is 0.103. The number of benzene rings is 1. The normalized spacial score (nSPS) is 10.2. The van der Waals surface area contributed by atoms with Gasteiger partial charge in [0, 0.05) is 12.3 Å². The molecule has 6 heteroatoms. The molecule has 2 aromatic rings. The molecular weight excluding hydrogens is 238 g/mol. The summed E-state index contributed by atoms with van der Waals surface area (Å²) in [6.07, 6.45) is 1.31. The number of carbonyl (C=O) groups excluding carboxylic acids is 1. The lowest BCUT2D eigenvalue weighted by Crippen LogP contribution is -2.02. The van der Waals surface area contributed by atoms with Gasteiger partial charge in [0.1, 0.15) is 5.75 Å². The average Bonchev–Trinajstić information content (AvgIpc) is 2.33. The Morgan fingerprint density at radius 3 is 2.28 bits per heavy atom. The Balaban J connectivity index is 2.53. The third-order valence-corrected chi connectivity index (χ3v) is 2.37. The Morgan fingerprint density at radius 1 is 0.944 bits per heavy atom. The second-order valence-corrected chi connectivity index (χ2v) is 3.56. The molecule has 0 bridgehead atoms. The van der Waals surface area contributed by atoms with Crippen LogP contribution >= 0.6 is 0 Å². The molecule has 1 heterocycles. The maximum Gasteiger partial charge on any atom is 0.222 e. The summed E-state index contributed by atoms with van der Waals surface area (Å²) in [4.78, 5) is 15.5. The van der Waals surface area contributed by atoms with Crippen LogP contribution < -0.4 is 0 Å². The molecule has 1 aromatic carbocycles. The first-order chi connectivity index (χ1) is 8.50. The summed E-state index contributed by atoms with van der Waals surface area (Å²) in [6, 6.07) is 4.54. The van der Waals surface area contributed by atoms with Crippen LogP contribution in [0.1, 0.15) is 15.9 Å². The average molecular weight is 247 g/mol. The largest absolute Gasteiger partial charge is 0.507 e. The zero-order chi connectivity index (χ0) is 13.3. The van der Waals surface area contributed by atoms with Gasteiger partial charge in [0.15, 0.2) is 11.5 Å². The van der Waals surface area contributed by atoms with E-state index in [9.17, 15) is 20.1 Å². The predicted octanol–water partition coefficient (Wildman–Crippen LogP) is 1.13. The summed E-state index contributed by atoms with van der Waals surface area (Å²) in [5, 5.41) is 37.4. The molecule has 0 atom stereocenters. The first kappa shape index (κ1) is 11.7. The fourth-order valence-electron chi connectivity index (χ4n) is 1.47. The number of aromatic nitrogens is 1. The van der Waals surface area contributed by atoms with Crippen LogP contribution in [-0.4, -0.2) is 31.2 Å². The van der Waals surface area contributed by atoms with Crippen molar-refractivity contribution >= 4 is 5.78 Å². The van der Waals surface area contributed by atoms with E-state index in [2.05, 4.69) is 4.98 Å². The number of aromatic hydroxyl groups is 4. The number of carbonyl (C=O) groups is 1. The number of rotatable bonds is 2. The summed E-state index contributed by atoms with van der Waals surface area (Å²) >= 11 is 0. The molecule has 0 spiro atoms. The van der Waals surface area contributed by atoms with E-state index >= 15 is 0 Å². The van der Waals surface area contributed by atoms with Crippen LogP contribution in [0, 0.1) is 0 Å². The zero-order valence-corrected chi connectivity index (χ0v) is 9.03. The number of phenols is 3. The van der Waals surface area contributed by atoms with E-state index in [4.69, 9.17) is 5.11 Å². The van der Waals surface area contributed by atoms with Crippen LogP contribution in [-0.2, 0) is 0 Å². The monoisotopic (exact) mass is 247 g/mol. The number of pyridine rings is 1. The molecule has 1 aromatic heterocycles. The van der Waals surface area contributed by atoms with Gasteiger partial charge in [-0.3, -0.25) is 4.79 Å². The van der Waals surface area contributed by atoms with E-state index in [1.165, 1.54) is 18.3 Å². The smallest absolute Gasteiger partial charge is 0.222 e. The van der Waals surface area contributed by atoms with Crippen LogP contribution in [0.4, 0.5) is 0 Å². The highest BCUT2D eigenvalue weighted by atomic mass is 16.3. The van der Waals surface area contributed by atoms with Crippen LogP contribution in [0.15, 0.2) is 30.5 Å². The first-order valence-corrected chi connectivity index (χ1v) is 4.94. The number of hydrogen-bond donors (Lipinski definition) is 4. The Labute approximate surface area is 101 Å². The molecule has 2 rings (SSSR count). The van der Waals surface area contributed by atoms with E-state index in [1.54, 1.807) is 0 Å². The van der Waals surface area contributed by atoms with E-state index in [1.807, 2.05) is 0 Å². The van der Waals surface area contributed by atoms with Gasteiger partial charge in [-0.15, -0.1) is 0 Å². The quantitative estimate of drug-likeness (QED) is 0.359. The van der Waals surface area contributed by atoms with Crippen LogP contribution in [0.3, 0.4) is 0 Å². The van der Waals surface area contributed by atoms with Gasteiger partial charge in [-0.25, -0.2) is 4.98 Å². The van der Waals surface area contributed by atoms with Crippen molar-refractivity contribution in [2.24, 2.45) is 0 Å². The van der Waals surface area contributed by atoms with Crippen molar-refractivity contribution in [3.05, 3.63) is 41.6 Å². The first-order valence-electron chi connectivity index (χ1n) is 4.94. The molecule has 92 valence electrons. The number of nitrogens with zero attached hydrogens (tertiary/aromatic N) is 1. The van der Waals surface area contributed by atoms with E-state index in [0.29, 0.717) is 0 Å². The molecule has 6 nitrogen and oxygen atoms in total. The highest BCUT2D eigenvalue weighted by Crippen LogP contribution is 2.34. The molecule has 0 radical (unpaired) electrons. The Morgan fingerprint density at radius 2 is 1.61 bits per heavy atom. The molecule has 0 unspecified atom stereocenters. The highest BCUT2D eigenvalue weighted by molar-refractivity contribution is 6.12. The van der Waals surface area contributed by atoms with Crippen molar-refractivity contribution in [1.29, 1.82) is 0 Å². The van der Waals surface area contributed by atoms with Crippen molar-refractivity contribution in [3.63, 3.8) is 0 Å². The van der Waals surface area contributed by atoms with Gasteiger partial charge >= 0.3 is 0 Å². The molecule has 18 heavy (non-hydrogen) atoms. The Kier molecular flexibility index (Phi) is 2.77. The number of hydrogen-bond acceptors (Lipinski definition) is 6. The van der Waals surface area contributed by atoms with Gasteiger partial charge in [-0.1, -0.05) is 0 Å². The molecule has 0 aliphatic rings. The third-order valence-electron chi connectivity index (χ3n) is 2.37. The Bertz CT molecular complexity index is 624. The van der Waals surface area contributed by atoms with Gasteiger partial charge in [-0.05, 0) is 18.2 Å². The molecule has 0 amide bonds. The van der Waals surface area contributed by atoms with Gasteiger partial charge < -0.3 is 20.4 Å².